The molecule has 0 aliphatic heterocycles. The van der Waals surface area contributed by atoms with Crippen molar-refractivity contribution < 1.29 is 29.3 Å². The van der Waals surface area contributed by atoms with Crippen LogP contribution >= 0.6 is 0 Å². The van der Waals surface area contributed by atoms with Crippen LogP contribution < -0.4 is 0 Å². The summed E-state index contributed by atoms with van der Waals surface area (Å²) in [4.78, 5) is 23.2. The number of aliphatic hydroxyl groups is 1. The van der Waals surface area contributed by atoms with Crippen LogP contribution in [-0.2, 0) is 15.0 Å². The summed E-state index contributed by atoms with van der Waals surface area (Å²) in [5.41, 5.74) is -1.37. The van der Waals surface area contributed by atoms with E-state index < -0.39 is 35.2 Å². The van der Waals surface area contributed by atoms with Gasteiger partial charge < -0.3 is 15.3 Å². The largest absolute Gasteiger partial charge is 0.481 e. The Kier molecular flexibility index (Phi) is 3.76. The minimum absolute atomic E-state index is 0.00605. The molecule has 0 radical (unpaired) electrons. The number of carbonyl (C=O) groups is 2. The quantitative estimate of drug-likeness (QED) is 0.778. The Bertz CT molecular complexity index is 527. The summed E-state index contributed by atoms with van der Waals surface area (Å²) in [7, 11) is 0. The first-order valence-electron chi connectivity index (χ1n) is 6.28. The Morgan fingerprint density at radius 2 is 1.80 bits per heavy atom. The van der Waals surface area contributed by atoms with Crippen LogP contribution in [0, 0.1) is 11.7 Å². The van der Waals surface area contributed by atoms with Crippen LogP contribution in [0.15, 0.2) is 24.3 Å². The highest BCUT2D eigenvalue weighted by Crippen LogP contribution is 2.44. The molecule has 1 fully saturated rings. The third-order valence-electron chi connectivity index (χ3n) is 4.01. The number of aliphatic hydroxyl groups excluding tert-OH is 1. The predicted molar refractivity (Wildman–Crippen MR) is 66.7 cm³/mol. The van der Waals surface area contributed by atoms with Crippen LogP contribution in [0.5, 0.6) is 0 Å². The number of carboxylic acid groups (broad SMARTS) is 2. The van der Waals surface area contributed by atoms with Gasteiger partial charge in [-0.05, 0) is 37.0 Å². The van der Waals surface area contributed by atoms with E-state index in [2.05, 4.69) is 0 Å². The van der Waals surface area contributed by atoms with Gasteiger partial charge in [0, 0.05) is 0 Å². The molecule has 108 valence electrons. The van der Waals surface area contributed by atoms with Crippen molar-refractivity contribution in [3.05, 3.63) is 35.6 Å². The van der Waals surface area contributed by atoms with Crippen LogP contribution in [0.3, 0.4) is 0 Å². The third kappa shape index (κ3) is 2.27. The molecule has 5 nitrogen and oxygen atoms in total. The van der Waals surface area contributed by atoms with Gasteiger partial charge in [0.25, 0.3) is 0 Å². The van der Waals surface area contributed by atoms with Gasteiger partial charge in [-0.15, -0.1) is 0 Å². The number of rotatable bonds is 3. The molecule has 0 amide bonds. The fourth-order valence-corrected chi connectivity index (χ4v) is 2.94. The third-order valence-corrected chi connectivity index (χ3v) is 4.01. The van der Waals surface area contributed by atoms with Crippen molar-refractivity contribution in [3.8, 4) is 0 Å². The van der Waals surface area contributed by atoms with E-state index in [1.54, 1.807) is 0 Å². The molecular formula is C14H15FO5. The van der Waals surface area contributed by atoms with Gasteiger partial charge in [0.1, 0.15) is 11.2 Å². The molecule has 20 heavy (non-hydrogen) atoms. The fraction of sp³-hybridized carbons (Fsp3) is 0.429. The number of hydrogen-bond donors (Lipinski definition) is 3. The van der Waals surface area contributed by atoms with Crippen LogP contribution in [0.4, 0.5) is 4.39 Å². The Morgan fingerprint density at radius 3 is 2.30 bits per heavy atom. The lowest BCUT2D eigenvalue weighted by atomic mass is 9.62. The summed E-state index contributed by atoms with van der Waals surface area (Å²) in [6, 6.07) is 4.84. The number of benzene rings is 1. The van der Waals surface area contributed by atoms with Crippen molar-refractivity contribution in [2.24, 2.45) is 5.92 Å². The molecule has 0 heterocycles. The van der Waals surface area contributed by atoms with E-state index in [4.69, 9.17) is 0 Å². The second-order valence-electron chi connectivity index (χ2n) is 5.10. The summed E-state index contributed by atoms with van der Waals surface area (Å²) in [5, 5.41) is 28.5. The predicted octanol–water partition coefficient (Wildman–Crippen LogP) is 1.39. The first-order valence-corrected chi connectivity index (χ1v) is 6.28. The maximum absolute atomic E-state index is 13.0. The van der Waals surface area contributed by atoms with Gasteiger partial charge in [-0.3, -0.25) is 9.59 Å². The SMILES string of the molecule is O=C(O)[C@@H]1C[C@@H](O)CC[C@@]1(C(=O)O)c1ccc(F)cc1. The van der Waals surface area contributed by atoms with Crippen LogP contribution in [-0.4, -0.2) is 33.4 Å². The zero-order valence-electron chi connectivity index (χ0n) is 10.6. The molecule has 0 aromatic heterocycles. The molecule has 1 aromatic carbocycles. The van der Waals surface area contributed by atoms with Crippen molar-refractivity contribution in [1.29, 1.82) is 0 Å². The van der Waals surface area contributed by atoms with Gasteiger partial charge in [-0.2, -0.15) is 0 Å². The molecule has 3 atom stereocenters. The molecular weight excluding hydrogens is 267 g/mol. The minimum atomic E-state index is -1.63. The average Bonchev–Trinajstić information content (AvgIpc) is 2.39. The average molecular weight is 282 g/mol. The molecule has 6 heteroatoms. The van der Waals surface area contributed by atoms with Gasteiger partial charge >= 0.3 is 11.9 Å². The van der Waals surface area contributed by atoms with E-state index in [0.29, 0.717) is 0 Å². The molecule has 1 aromatic rings. The molecule has 0 unspecified atom stereocenters. The highest BCUT2D eigenvalue weighted by atomic mass is 19.1. The number of aliphatic carboxylic acids is 2. The summed E-state index contributed by atoms with van der Waals surface area (Å²) in [6.45, 7) is 0. The topological polar surface area (TPSA) is 94.8 Å². The maximum atomic E-state index is 13.0. The van der Waals surface area contributed by atoms with Gasteiger partial charge in [-0.25, -0.2) is 4.39 Å². The zero-order valence-corrected chi connectivity index (χ0v) is 10.6. The zero-order chi connectivity index (χ0) is 14.9. The van der Waals surface area contributed by atoms with Crippen molar-refractivity contribution in [2.75, 3.05) is 0 Å². The van der Waals surface area contributed by atoms with E-state index in [-0.39, 0.29) is 24.8 Å². The highest BCUT2D eigenvalue weighted by molar-refractivity contribution is 5.89. The summed E-state index contributed by atoms with van der Waals surface area (Å²) in [5.74, 6) is -4.29. The maximum Gasteiger partial charge on any atom is 0.315 e. The van der Waals surface area contributed by atoms with Crippen molar-refractivity contribution in [2.45, 2.75) is 30.8 Å². The Labute approximate surface area is 114 Å². The van der Waals surface area contributed by atoms with E-state index in [1.165, 1.54) is 12.1 Å². The second-order valence-corrected chi connectivity index (χ2v) is 5.10. The first-order chi connectivity index (χ1) is 9.37. The van der Waals surface area contributed by atoms with Gasteiger partial charge in [0.2, 0.25) is 0 Å². The molecule has 2 rings (SSSR count). The Balaban J connectivity index is 2.55. The van der Waals surface area contributed by atoms with E-state index in [9.17, 15) is 29.3 Å². The lowest BCUT2D eigenvalue weighted by Gasteiger charge is -2.40. The first kappa shape index (κ1) is 14.5. The summed E-state index contributed by atoms with van der Waals surface area (Å²) < 4.78 is 13.0. The highest BCUT2D eigenvalue weighted by Gasteiger charge is 2.53. The Morgan fingerprint density at radius 1 is 1.20 bits per heavy atom. The van der Waals surface area contributed by atoms with Gasteiger partial charge in [0.15, 0.2) is 0 Å². The number of halogens is 1. The standard InChI is InChI=1S/C14H15FO5/c15-9-3-1-8(2-4-9)14(13(19)20)6-5-10(16)7-11(14)12(17)18/h1-4,10-11,16H,5-7H2,(H,17,18)(H,19,20)/t10-,11-,14+/m0/s1. The molecule has 1 saturated carbocycles. The lowest BCUT2D eigenvalue weighted by molar-refractivity contribution is -0.161. The lowest BCUT2D eigenvalue weighted by Crippen LogP contribution is -2.51. The summed E-state index contributed by atoms with van der Waals surface area (Å²) in [6.07, 6.45) is -0.748. The van der Waals surface area contributed by atoms with Crippen LogP contribution in [0.2, 0.25) is 0 Å². The molecule has 0 bridgehead atoms. The molecule has 0 saturated heterocycles. The number of hydrogen-bond acceptors (Lipinski definition) is 3. The molecule has 3 N–H and O–H groups in total. The van der Waals surface area contributed by atoms with E-state index in [0.717, 1.165) is 12.1 Å². The molecule has 1 aliphatic rings. The monoisotopic (exact) mass is 282 g/mol. The molecule has 0 spiro atoms. The van der Waals surface area contributed by atoms with Crippen molar-refractivity contribution >= 4 is 11.9 Å². The van der Waals surface area contributed by atoms with E-state index >= 15 is 0 Å². The number of carboxylic acids is 2. The second kappa shape index (κ2) is 5.20. The van der Waals surface area contributed by atoms with Gasteiger partial charge in [0.05, 0.1) is 12.0 Å². The van der Waals surface area contributed by atoms with Crippen molar-refractivity contribution in [3.63, 3.8) is 0 Å². The Hall–Kier alpha value is -1.95. The van der Waals surface area contributed by atoms with Crippen LogP contribution in [0.25, 0.3) is 0 Å². The van der Waals surface area contributed by atoms with E-state index in [1.807, 2.05) is 0 Å². The summed E-state index contributed by atoms with van der Waals surface area (Å²) >= 11 is 0. The normalized spacial score (nSPS) is 29.9. The smallest absolute Gasteiger partial charge is 0.315 e. The van der Waals surface area contributed by atoms with Crippen LogP contribution in [0.1, 0.15) is 24.8 Å². The van der Waals surface area contributed by atoms with Crippen molar-refractivity contribution in [1.82, 2.24) is 0 Å². The molecule has 1 aliphatic carbocycles. The minimum Gasteiger partial charge on any atom is -0.481 e. The van der Waals surface area contributed by atoms with Gasteiger partial charge in [-0.1, -0.05) is 12.1 Å². The fourth-order valence-electron chi connectivity index (χ4n) is 2.94.